The fourth-order valence-electron chi connectivity index (χ4n) is 1.45. The van der Waals surface area contributed by atoms with E-state index in [-0.39, 0.29) is 17.1 Å². The smallest absolute Gasteiger partial charge is 0.357 e. The molecule has 0 fully saturated rings. The number of anilines is 1. The van der Waals surface area contributed by atoms with Gasteiger partial charge in [0.15, 0.2) is 5.69 Å². The lowest BCUT2D eigenvalue weighted by molar-refractivity contribution is 0.0685. The van der Waals surface area contributed by atoms with Gasteiger partial charge < -0.3 is 10.4 Å². The average molecular weight is 281 g/mol. The summed E-state index contributed by atoms with van der Waals surface area (Å²) in [4.78, 5) is 26.8. The van der Waals surface area contributed by atoms with Crippen LogP contribution in [0.2, 0.25) is 5.02 Å². The summed E-state index contributed by atoms with van der Waals surface area (Å²) in [6.45, 7) is 0. The van der Waals surface area contributed by atoms with E-state index in [1.807, 2.05) is 0 Å². The molecule has 1 amide bonds. The Morgan fingerprint density at radius 1 is 1.42 bits per heavy atom. The largest absolute Gasteiger partial charge is 0.476 e. The number of carboxylic acids is 1. The Bertz CT molecular complexity index is 636. The number of nitrogens with zero attached hydrogens (tertiary/aromatic N) is 3. The molecular weight excluding hydrogens is 272 g/mol. The van der Waals surface area contributed by atoms with Crippen molar-refractivity contribution in [2.24, 2.45) is 7.05 Å². The lowest BCUT2D eigenvalue weighted by atomic mass is 10.2. The molecule has 8 heteroatoms. The van der Waals surface area contributed by atoms with Crippen molar-refractivity contribution in [3.8, 4) is 0 Å². The number of carbonyl (C=O) groups excluding carboxylic acids is 1. The van der Waals surface area contributed by atoms with E-state index in [1.54, 1.807) is 6.07 Å². The van der Waals surface area contributed by atoms with E-state index >= 15 is 0 Å². The number of rotatable bonds is 3. The van der Waals surface area contributed by atoms with Gasteiger partial charge in [0, 0.05) is 19.4 Å². The molecule has 2 N–H and O–H groups in total. The number of hydrogen-bond donors (Lipinski definition) is 2. The molecule has 0 aliphatic heterocycles. The predicted octanol–water partition coefficient (Wildman–Crippen LogP) is 1.42. The monoisotopic (exact) mass is 280 g/mol. The van der Waals surface area contributed by atoms with Crippen molar-refractivity contribution >= 4 is 29.3 Å². The van der Waals surface area contributed by atoms with Crippen LogP contribution in [0.1, 0.15) is 20.8 Å². The van der Waals surface area contributed by atoms with Gasteiger partial charge >= 0.3 is 5.97 Å². The highest BCUT2D eigenvalue weighted by Crippen LogP contribution is 2.12. The summed E-state index contributed by atoms with van der Waals surface area (Å²) in [6.07, 6.45) is 2.70. The molecule has 0 saturated heterocycles. The van der Waals surface area contributed by atoms with Gasteiger partial charge in [-0.15, -0.1) is 0 Å². The maximum absolute atomic E-state index is 11.9. The third-order valence-corrected chi connectivity index (χ3v) is 2.47. The van der Waals surface area contributed by atoms with Gasteiger partial charge in [0.1, 0.15) is 5.82 Å². The summed E-state index contributed by atoms with van der Waals surface area (Å²) < 4.78 is 1.26. The lowest BCUT2D eigenvalue weighted by Crippen LogP contribution is -2.16. The summed E-state index contributed by atoms with van der Waals surface area (Å²) in [6, 6.07) is 3.07. The average Bonchev–Trinajstić information content (AvgIpc) is 2.74. The molecule has 0 bridgehead atoms. The number of aryl methyl sites for hydroxylation is 1. The number of pyridine rings is 1. The van der Waals surface area contributed by atoms with Crippen LogP contribution in [0.15, 0.2) is 24.5 Å². The SMILES string of the molecule is Cn1cc(C(=O)Nc2ccc(Cl)cn2)c(C(=O)O)n1. The Hall–Kier alpha value is -2.41. The number of amides is 1. The Labute approximate surface area is 112 Å². The minimum absolute atomic E-state index is 0.0354. The zero-order valence-electron chi connectivity index (χ0n) is 9.79. The molecule has 19 heavy (non-hydrogen) atoms. The molecule has 0 unspecified atom stereocenters. The molecule has 0 saturated carbocycles. The van der Waals surface area contributed by atoms with Crippen LogP contribution in [0.3, 0.4) is 0 Å². The standard InChI is InChI=1S/C11H9ClN4O3/c1-16-5-7(9(15-16)11(18)19)10(17)14-8-3-2-6(12)4-13-8/h2-5H,1H3,(H,18,19)(H,13,14,17). The maximum Gasteiger partial charge on any atom is 0.357 e. The number of carboxylic acid groups (broad SMARTS) is 1. The van der Waals surface area contributed by atoms with E-state index in [4.69, 9.17) is 16.7 Å². The Kier molecular flexibility index (Phi) is 3.48. The van der Waals surface area contributed by atoms with Gasteiger partial charge in [-0.2, -0.15) is 5.10 Å². The van der Waals surface area contributed by atoms with Crippen molar-refractivity contribution in [3.05, 3.63) is 40.8 Å². The Morgan fingerprint density at radius 2 is 2.16 bits per heavy atom. The van der Waals surface area contributed by atoms with Gasteiger partial charge in [0.25, 0.3) is 5.91 Å². The normalized spacial score (nSPS) is 10.2. The van der Waals surface area contributed by atoms with Gasteiger partial charge in [-0.25, -0.2) is 9.78 Å². The van der Waals surface area contributed by atoms with Gasteiger partial charge in [0.05, 0.1) is 10.6 Å². The van der Waals surface area contributed by atoms with Crippen molar-refractivity contribution in [1.82, 2.24) is 14.8 Å². The van der Waals surface area contributed by atoms with E-state index in [0.29, 0.717) is 5.02 Å². The highest BCUT2D eigenvalue weighted by atomic mass is 35.5. The van der Waals surface area contributed by atoms with Crippen molar-refractivity contribution < 1.29 is 14.7 Å². The first-order chi connectivity index (χ1) is 8.97. The molecule has 0 aromatic carbocycles. The molecule has 2 aromatic rings. The molecule has 7 nitrogen and oxygen atoms in total. The quantitative estimate of drug-likeness (QED) is 0.886. The van der Waals surface area contributed by atoms with Crippen LogP contribution in [0.25, 0.3) is 0 Å². The zero-order chi connectivity index (χ0) is 14.0. The van der Waals surface area contributed by atoms with Gasteiger partial charge in [-0.1, -0.05) is 11.6 Å². The Balaban J connectivity index is 2.25. The maximum atomic E-state index is 11.9. The molecular formula is C11H9ClN4O3. The zero-order valence-corrected chi connectivity index (χ0v) is 10.5. The molecule has 98 valence electrons. The molecule has 0 aliphatic carbocycles. The molecule has 0 spiro atoms. The summed E-state index contributed by atoms with van der Waals surface area (Å²) in [7, 11) is 1.53. The van der Waals surface area contributed by atoms with E-state index in [0.717, 1.165) is 0 Å². The molecule has 2 aromatic heterocycles. The topological polar surface area (TPSA) is 97.1 Å². The number of carbonyl (C=O) groups is 2. The predicted molar refractivity (Wildman–Crippen MR) is 67.4 cm³/mol. The number of aromatic nitrogens is 3. The highest BCUT2D eigenvalue weighted by molar-refractivity contribution is 6.30. The second-order valence-corrected chi connectivity index (χ2v) is 4.12. The van der Waals surface area contributed by atoms with Crippen LogP contribution in [0.5, 0.6) is 0 Å². The second kappa shape index (κ2) is 5.07. The summed E-state index contributed by atoms with van der Waals surface area (Å²) in [5.41, 5.74) is -0.347. The molecule has 2 heterocycles. The molecule has 0 radical (unpaired) electrons. The number of hydrogen-bond acceptors (Lipinski definition) is 4. The van der Waals surface area contributed by atoms with Crippen molar-refractivity contribution in [2.75, 3.05) is 5.32 Å². The number of nitrogens with one attached hydrogen (secondary N) is 1. The van der Waals surface area contributed by atoms with Crippen LogP contribution in [0.4, 0.5) is 5.82 Å². The Morgan fingerprint density at radius 3 is 2.74 bits per heavy atom. The molecule has 2 rings (SSSR count). The third-order valence-electron chi connectivity index (χ3n) is 2.24. The fraction of sp³-hybridized carbons (Fsp3) is 0.0909. The first-order valence-corrected chi connectivity index (χ1v) is 5.55. The van der Waals surface area contributed by atoms with Crippen LogP contribution in [-0.4, -0.2) is 31.7 Å². The van der Waals surface area contributed by atoms with Crippen LogP contribution in [0, 0.1) is 0 Å². The fourth-order valence-corrected chi connectivity index (χ4v) is 1.56. The van der Waals surface area contributed by atoms with E-state index in [1.165, 1.54) is 30.2 Å². The summed E-state index contributed by atoms with van der Waals surface area (Å²) in [5.74, 6) is -1.59. The minimum Gasteiger partial charge on any atom is -0.476 e. The first-order valence-electron chi connectivity index (χ1n) is 5.17. The van der Waals surface area contributed by atoms with Gasteiger partial charge in [-0.3, -0.25) is 9.48 Å². The first kappa shape index (κ1) is 13.0. The van der Waals surface area contributed by atoms with Crippen LogP contribution >= 0.6 is 11.6 Å². The number of aromatic carboxylic acids is 1. The lowest BCUT2D eigenvalue weighted by Gasteiger charge is -2.02. The summed E-state index contributed by atoms with van der Waals surface area (Å²) >= 11 is 5.67. The third kappa shape index (κ3) is 2.89. The second-order valence-electron chi connectivity index (χ2n) is 3.69. The van der Waals surface area contributed by atoms with Crippen molar-refractivity contribution in [3.63, 3.8) is 0 Å². The van der Waals surface area contributed by atoms with Crippen molar-refractivity contribution in [2.45, 2.75) is 0 Å². The van der Waals surface area contributed by atoms with Gasteiger partial charge in [0.2, 0.25) is 0 Å². The molecule has 0 atom stereocenters. The van der Waals surface area contributed by atoms with E-state index in [2.05, 4.69) is 15.4 Å². The van der Waals surface area contributed by atoms with E-state index in [9.17, 15) is 9.59 Å². The van der Waals surface area contributed by atoms with Gasteiger partial charge in [-0.05, 0) is 12.1 Å². The molecule has 0 aliphatic rings. The summed E-state index contributed by atoms with van der Waals surface area (Å²) in [5, 5.41) is 15.5. The van der Waals surface area contributed by atoms with Crippen LogP contribution < -0.4 is 5.32 Å². The number of halogens is 1. The van der Waals surface area contributed by atoms with Crippen LogP contribution in [-0.2, 0) is 7.05 Å². The van der Waals surface area contributed by atoms with E-state index < -0.39 is 11.9 Å². The van der Waals surface area contributed by atoms with Crippen molar-refractivity contribution in [1.29, 1.82) is 0 Å². The minimum atomic E-state index is -1.27. The highest BCUT2D eigenvalue weighted by Gasteiger charge is 2.21.